The number of anilines is 2. The van der Waals surface area contributed by atoms with Crippen LogP contribution in [0.4, 0.5) is 11.4 Å². The van der Waals surface area contributed by atoms with Gasteiger partial charge in [-0.3, -0.25) is 4.79 Å². The van der Waals surface area contributed by atoms with Crippen LogP contribution in [0, 0.1) is 0 Å². The van der Waals surface area contributed by atoms with Crippen LogP contribution < -0.4 is 10.2 Å². The summed E-state index contributed by atoms with van der Waals surface area (Å²) in [6.07, 6.45) is 0. The Balaban J connectivity index is 1.82. The molecule has 0 aliphatic heterocycles. The maximum Gasteiger partial charge on any atom is 0.272 e. The number of rotatable bonds is 3. The lowest BCUT2D eigenvalue weighted by molar-refractivity contribution is 0.102. The summed E-state index contributed by atoms with van der Waals surface area (Å²) in [6, 6.07) is 15.0. The molecule has 0 aliphatic carbocycles. The lowest BCUT2D eigenvalue weighted by Crippen LogP contribution is -2.13. The lowest BCUT2D eigenvalue weighted by Gasteiger charge is -2.12. The van der Waals surface area contributed by atoms with Crippen LogP contribution in [0.25, 0.3) is 10.9 Å². The topological polar surface area (TPSA) is 48.1 Å². The number of hydrogen-bond donors (Lipinski definition) is 2. The van der Waals surface area contributed by atoms with Gasteiger partial charge in [-0.25, -0.2) is 0 Å². The second-order valence-electron chi connectivity index (χ2n) is 5.28. The van der Waals surface area contributed by atoms with E-state index in [-0.39, 0.29) is 5.91 Å². The molecule has 22 heavy (non-hydrogen) atoms. The number of fused-ring (bicyclic) bond motifs is 1. The summed E-state index contributed by atoms with van der Waals surface area (Å²) < 4.78 is 0. The number of aromatic nitrogens is 1. The van der Waals surface area contributed by atoms with Crippen molar-refractivity contribution in [3.63, 3.8) is 0 Å². The first-order valence-electron chi connectivity index (χ1n) is 6.90. The van der Waals surface area contributed by atoms with E-state index in [1.165, 1.54) is 0 Å². The van der Waals surface area contributed by atoms with E-state index in [4.69, 9.17) is 11.6 Å². The minimum Gasteiger partial charge on any atom is -0.378 e. The number of para-hydroxylation sites is 1. The number of hydrogen-bond acceptors (Lipinski definition) is 2. The molecule has 3 aromatic rings. The van der Waals surface area contributed by atoms with Crippen molar-refractivity contribution in [3.05, 3.63) is 59.2 Å². The van der Waals surface area contributed by atoms with E-state index >= 15 is 0 Å². The number of aromatic amines is 1. The quantitative estimate of drug-likeness (QED) is 0.763. The van der Waals surface area contributed by atoms with Crippen molar-refractivity contribution in [1.82, 2.24) is 4.98 Å². The van der Waals surface area contributed by atoms with Gasteiger partial charge < -0.3 is 15.2 Å². The van der Waals surface area contributed by atoms with Gasteiger partial charge in [-0.2, -0.15) is 0 Å². The molecule has 4 nitrogen and oxygen atoms in total. The molecule has 0 atom stereocenters. The van der Waals surface area contributed by atoms with E-state index < -0.39 is 0 Å². The van der Waals surface area contributed by atoms with E-state index in [2.05, 4.69) is 10.3 Å². The normalized spacial score (nSPS) is 10.7. The molecule has 0 unspecified atom stereocenters. The van der Waals surface area contributed by atoms with Crippen LogP contribution in [0.5, 0.6) is 0 Å². The number of H-pyrrole nitrogens is 1. The zero-order valence-electron chi connectivity index (χ0n) is 12.4. The van der Waals surface area contributed by atoms with Gasteiger partial charge in [0.25, 0.3) is 5.91 Å². The minimum atomic E-state index is -0.190. The number of halogens is 1. The fourth-order valence-corrected chi connectivity index (χ4v) is 2.51. The van der Waals surface area contributed by atoms with Crippen molar-refractivity contribution in [2.75, 3.05) is 24.3 Å². The Kier molecular flexibility index (Phi) is 3.77. The average molecular weight is 314 g/mol. The Hall–Kier alpha value is -2.46. The molecule has 112 valence electrons. The maximum atomic E-state index is 12.3. The third-order valence-electron chi connectivity index (χ3n) is 3.49. The first kappa shape index (κ1) is 14.5. The molecule has 0 saturated heterocycles. The molecule has 0 fully saturated rings. The number of benzene rings is 2. The summed E-state index contributed by atoms with van der Waals surface area (Å²) in [5.41, 5.74) is 3.09. The van der Waals surface area contributed by atoms with Gasteiger partial charge in [0.15, 0.2) is 0 Å². The van der Waals surface area contributed by atoms with Gasteiger partial charge in [-0.05, 0) is 36.4 Å². The van der Waals surface area contributed by atoms with E-state index in [1.54, 1.807) is 12.1 Å². The zero-order valence-corrected chi connectivity index (χ0v) is 13.1. The van der Waals surface area contributed by atoms with Crippen molar-refractivity contribution < 1.29 is 4.79 Å². The summed E-state index contributed by atoms with van der Waals surface area (Å²) >= 11 is 6.11. The number of nitrogens with one attached hydrogen (secondary N) is 2. The molecule has 2 N–H and O–H groups in total. The van der Waals surface area contributed by atoms with Crippen LogP contribution >= 0.6 is 11.6 Å². The standard InChI is InChI=1S/C17H16ClN3O/c1-21(2)13-8-6-12(7-9-13)19-17(22)15-10-11-4-3-5-14(18)16(11)20-15/h3-10,20H,1-2H3,(H,19,22). The first-order chi connectivity index (χ1) is 10.5. The van der Waals surface area contributed by atoms with Crippen LogP contribution in [0.15, 0.2) is 48.5 Å². The predicted octanol–water partition coefficient (Wildman–Crippen LogP) is 4.14. The highest BCUT2D eigenvalue weighted by molar-refractivity contribution is 6.35. The van der Waals surface area contributed by atoms with Crippen molar-refractivity contribution in [3.8, 4) is 0 Å². The van der Waals surface area contributed by atoms with Gasteiger partial charge in [-0.15, -0.1) is 0 Å². The highest BCUT2D eigenvalue weighted by Gasteiger charge is 2.11. The van der Waals surface area contributed by atoms with Crippen LogP contribution in [0.3, 0.4) is 0 Å². The van der Waals surface area contributed by atoms with E-state index in [0.29, 0.717) is 10.7 Å². The number of nitrogens with zero attached hydrogens (tertiary/aromatic N) is 1. The molecule has 3 rings (SSSR count). The fraction of sp³-hybridized carbons (Fsp3) is 0.118. The SMILES string of the molecule is CN(C)c1ccc(NC(=O)c2cc3cccc(Cl)c3[nH]2)cc1. The van der Waals surface area contributed by atoms with Gasteiger partial charge in [0.1, 0.15) is 5.69 Å². The summed E-state index contributed by atoms with van der Waals surface area (Å²) in [5.74, 6) is -0.190. The minimum absolute atomic E-state index is 0.190. The van der Waals surface area contributed by atoms with Crippen molar-refractivity contribution >= 4 is 39.8 Å². The van der Waals surface area contributed by atoms with Crippen LogP contribution in [0.2, 0.25) is 5.02 Å². The van der Waals surface area contributed by atoms with E-state index in [1.807, 2.05) is 55.4 Å². The highest BCUT2D eigenvalue weighted by Crippen LogP contribution is 2.24. The average Bonchev–Trinajstić information content (AvgIpc) is 2.93. The molecular weight excluding hydrogens is 298 g/mol. The van der Waals surface area contributed by atoms with Gasteiger partial charge in [0, 0.05) is 30.9 Å². The Morgan fingerprint density at radius 2 is 1.86 bits per heavy atom. The summed E-state index contributed by atoms with van der Waals surface area (Å²) in [7, 11) is 3.95. The molecule has 0 radical (unpaired) electrons. The third-order valence-corrected chi connectivity index (χ3v) is 3.81. The number of carbonyl (C=O) groups excluding carboxylic acids is 1. The Morgan fingerprint density at radius 3 is 2.50 bits per heavy atom. The molecule has 0 bridgehead atoms. The Bertz CT molecular complexity index is 822. The molecular formula is C17H16ClN3O. The highest BCUT2D eigenvalue weighted by atomic mass is 35.5. The molecule has 1 heterocycles. The molecule has 0 spiro atoms. The Labute approximate surface area is 133 Å². The predicted molar refractivity (Wildman–Crippen MR) is 92.0 cm³/mol. The molecule has 1 aromatic heterocycles. The van der Waals surface area contributed by atoms with Gasteiger partial charge in [0.2, 0.25) is 0 Å². The maximum absolute atomic E-state index is 12.3. The fourth-order valence-electron chi connectivity index (χ4n) is 2.28. The summed E-state index contributed by atoms with van der Waals surface area (Å²) in [4.78, 5) is 17.4. The van der Waals surface area contributed by atoms with Gasteiger partial charge >= 0.3 is 0 Å². The Morgan fingerprint density at radius 1 is 1.14 bits per heavy atom. The van der Waals surface area contributed by atoms with Gasteiger partial charge in [0.05, 0.1) is 10.5 Å². The van der Waals surface area contributed by atoms with Crippen LogP contribution in [-0.4, -0.2) is 25.0 Å². The smallest absolute Gasteiger partial charge is 0.272 e. The van der Waals surface area contributed by atoms with E-state index in [0.717, 1.165) is 22.3 Å². The molecule has 0 saturated carbocycles. The first-order valence-corrected chi connectivity index (χ1v) is 7.28. The molecule has 5 heteroatoms. The summed E-state index contributed by atoms with van der Waals surface area (Å²) in [5, 5.41) is 4.39. The monoisotopic (exact) mass is 313 g/mol. The lowest BCUT2D eigenvalue weighted by atomic mass is 10.2. The molecule has 0 aliphatic rings. The molecule has 1 amide bonds. The third kappa shape index (κ3) is 2.78. The van der Waals surface area contributed by atoms with Crippen LogP contribution in [-0.2, 0) is 0 Å². The van der Waals surface area contributed by atoms with Crippen molar-refractivity contribution in [2.45, 2.75) is 0 Å². The van der Waals surface area contributed by atoms with Crippen LogP contribution in [0.1, 0.15) is 10.5 Å². The number of amides is 1. The van der Waals surface area contributed by atoms with E-state index in [9.17, 15) is 4.79 Å². The second-order valence-corrected chi connectivity index (χ2v) is 5.69. The second kappa shape index (κ2) is 5.73. The summed E-state index contributed by atoms with van der Waals surface area (Å²) in [6.45, 7) is 0. The molecule has 2 aromatic carbocycles. The van der Waals surface area contributed by atoms with Gasteiger partial charge in [-0.1, -0.05) is 23.7 Å². The number of carbonyl (C=O) groups is 1. The van der Waals surface area contributed by atoms with Crippen molar-refractivity contribution in [1.29, 1.82) is 0 Å². The zero-order chi connectivity index (χ0) is 15.7. The van der Waals surface area contributed by atoms with Crippen molar-refractivity contribution in [2.24, 2.45) is 0 Å². The largest absolute Gasteiger partial charge is 0.378 e.